The monoisotopic (exact) mass is 353 g/mol. The summed E-state index contributed by atoms with van der Waals surface area (Å²) in [4.78, 5) is 16.9. The minimum absolute atomic E-state index is 0.115. The lowest BCUT2D eigenvalue weighted by Crippen LogP contribution is -2.37. The van der Waals surface area contributed by atoms with E-state index in [1.54, 1.807) is 0 Å². The highest BCUT2D eigenvalue weighted by Crippen LogP contribution is 2.38. The van der Waals surface area contributed by atoms with Crippen LogP contribution in [-0.4, -0.2) is 22.0 Å². The standard InChI is InChI=1S/C20H25N3O.C2H6/c1-14(15-7-3-2-4-8-15)20(24)22-12-19-17-10-6-5-9-16(17)18-11-21-13-23(18)19;1-2/h5-6,9-11,13-15,19H,2-4,7-8,12H2,1H3,(H,22,24);1-2H3. The number of carbonyl (C=O) groups excluding carboxylic acids is 1. The van der Waals surface area contributed by atoms with Crippen molar-refractivity contribution in [2.45, 2.75) is 58.9 Å². The summed E-state index contributed by atoms with van der Waals surface area (Å²) in [6.07, 6.45) is 10.1. The smallest absolute Gasteiger partial charge is 0.223 e. The molecule has 26 heavy (non-hydrogen) atoms. The molecule has 2 aliphatic rings. The highest BCUT2D eigenvalue weighted by atomic mass is 16.1. The Bertz CT molecular complexity index is 730. The van der Waals surface area contributed by atoms with Crippen molar-refractivity contribution < 1.29 is 4.79 Å². The van der Waals surface area contributed by atoms with E-state index in [1.807, 2.05) is 26.4 Å². The first-order valence-corrected chi connectivity index (χ1v) is 10.1. The van der Waals surface area contributed by atoms with Crippen molar-refractivity contribution in [2.75, 3.05) is 6.54 Å². The first-order valence-electron chi connectivity index (χ1n) is 10.1. The molecule has 2 aromatic rings. The summed E-state index contributed by atoms with van der Waals surface area (Å²) in [6, 6.07) is 8.57. The molecule has 1 N–H and O–H groups in total. The fourth-order valence-electron chi connectivity index (χ4n) is 4.35. The Morgan fingerprint density at radius 1 is 1.23 bits per heavy atom. The zero-order valence-electron chi connectivity index (χ0n) is 16.2. The second-order valence-electron chi connectivity index (χ2n) is 7.22. The quantitative estimate of drug-likeness (QED) is 0.857. The van der Waals surface area contributed by atoms with Gasteiger partial charge in [-0.3, -0.25) is 4.79 Å². The van der Waals surface area contributed by atoms with Gasteiger partial charge in [-0.1, -0.05) is 64.3 Å². The summed E-state index contributed by atoms with van der Waals surface area (Å²) in [5.41, 5.74) is 3.65. The number of rotatable bonds is 4. The molecule has 0 spiro atoms. The summed E-state index contributed by atoms with van der Waals surface area (Å²) in [7, 11) is 0. The number of hydrogen-bond acceptors (Lipinski definition) is 2. The van der Waals surface area contributed by atoms with Gasteiger partial charge >= 0.3 is 0 Å². The van der Waals surface area contributed by atoms with Gasteiger partial charge in [0.1, 0.15) is 0 Å². The van der Waals surface area contributed by atoms with E-state index in [0.717, 1.165) is 5.69 Å². The largest absolute Gasteiger partial charge is 0.353 e. The van der Waals surface area contributed by atoms with E-state index in [9.17, 15) is 4.79 Å². The molecule has 0 bridgehead atoms. The zero-order chi connectivity index (χ0) is 18.5. The third kappa shape index (κ3) is 3.55. The maximum atomic E-state index is 12.6. The van der Waals surface area contributed by atoms with Crippen molar-refractivity contribution in [3.63, 3.8) is 0 Å². The molecule has 2 atom stereocenters. The lowest BCUT2D eigenvalue weighted by Gasteiger charge is -2.27. The van der Waals surface area contributed by atoms with E-state index in [-0.39, 0.29) is 17.9 Å². The SMILES string of the molecule is CC.CC(C(=O)NCC1c2ccccc2-c2cncn21)C1CCCCC1. The first-order chi connectivity index (χ1) is 12.8. The molecule has 1 aromatic heterocycles. The molecule has 1 aliphatic carbocycles. The van der Waals surface area contributed by atoms with Gasteiger partial charge in [-0.2, -0.15) is 0 Å². The lowest BCUT2D eigenvalue weighted by atomic mass is 9.80. The van der Waals surface area contributed by atoms with Gasteiger partial charge < -0.3 is 9.88 Å². The predicted octanol–water partition coefficient (Wildman–Crippen LogP) is 4.81. The molecule has 1 fully saturated rings. The summed E-state index contributed by atoms with van der Waals surface area (Å²) in [5.74, 6) is 0.871. The third-order valence-electron chi connectivity index (χ3n) is 5.84. The number of aromatic nitrogens is 2. The Morgan fingerprint density at radius 2 is 1.96 bits per heavy atom. The maximum absolute atomic E-state index is 12.6. The molecule has 4 heteroatoms. The molecule has 1 aliphatic heterocycles. The van der Waals surface area contributed by atoms with Crippen LogP contribution in [0.25, 0.3) is 11.3 Å². The number of imidazole rings is 1. The highest BCUT2D eigenvalue weighted by molar-refractivity contribution is 5.79. The van der Waals surface area contributed by atoms with Gasteiger partial charge in [-0.25, -0.2) is 4.98 Å². The molecular formula is C22H31N3O. The minimum Gasteiger partial charge on any atom is -0.353 e. The fraction of sp³-hybridized carbons (Fsp3) is 0.545. The van der Waals surface area contributed by atoms with E-state index in [1.165, 1.54) is 43.2 Å². The van der Waals surface area contributed by atoms with Crippen molar-refractivity contribution in [3.05, 3.63) is 42.4 Å². The van der Waals surface area contributed by atoms with Crippen LogP contribution in [0.15, 0.2) is 36.8 Å². The number of nitrogens with zero attached hydrogens (tertiary/aromatic N) is 2. The molecule has 0 saturated heterocycles. The Kier molecular flexibility index (Phi) is 6.12. The van der Waals surface area contributed by atoms with Crippen LogP contribution >= 0.6 is 0 Å². The van der Waals surface area contributed by atoms with Crippen LogP contribution in [0.3, 0.4) is 0 Å². The summed E-state index contributed by atoms with van der Waals surface area (Å²) in [6.45, 7) is 6.73. The van der Waals surface area contributed by atoms with Crippen molar-refractivity contribution in [3.8, 4) is 11.3 Å². The lowest BCUT2D eigenvalue weighted by molar-refractivity contribution is -0.126. The molecule has 1 amide bonds. The highest BCUT2D eigenvalue weighted by Gasteiger charge is 2.30. The molecule has 2 unspecified atom stereocenters. The van der Waals surface area contributed by atoms with E-state index in [2.05, 4.69) is 46.1 Å². The fourth-order valence-corrected chi connectivity index (χ4v) is 4.35. The van der Waals surface area contributed by atoms with Gasteiger partial charge in [0, 0.05) is 18.0 Å². The van der Waals surface area contributed by atoms with Gasteiger partial charge in [-0.05, 0) is 24.3 Å². The molecule has 0 radical (unpaired) electrons. The normalized spacial score (nSPS) is 19.7. The number of amides is 1. The van der Waals surface area contributed by atoms with Crippen molar-refractivity contribution >= 4 is 5.91 Å². The second kappa shape index (κ2) is 8.52. The topological polar surface area (TPSA) is 46.9 Å². The van der Waals surface area contributed by atoms with Crippen molar-refractivity contribution in [2.24, 2.45) is 11.8 Å². The molecule has 4 nitrogen and oxygen atoms in total. The second-order valence-corrected chi connectivity index (χ2v) is 7.22. The number of nitrogens with one attached hydrogen (secondary N) is 1. The first kappa shape index (κ1) is 18.7. The van der Waals surface area contributed by atoms with Crippen LogP contribution in [0.4, 0.5) is 0 Å². The van der Waals surface area contributed by atoms with Crippen LogP contribution in [0.2, 0.25) is 0 Å². The minimum atomic E-state index is 0.115. The molecule has 140 valence electrons. The van der Waals surface area contributed by atoms with E-state index in [4.69, 9.17) is 0 Å². The number of benzene rings is 1. The molecular weight excluding hydrogens is 322 g/mol. The van der Waals surface area contributed by atoms with Gasteiger partial charge in [0.05, 0.1) is 24.3 Å². The van der Waals surface area contributed by atoms with E-state index >= 15 is 0 Å². The van der Waals surface area contributed by atoms with Crippen LogP contribution in [-0.2, 0) is 4.79 Å². The summed E-state index contributed by atoms with van der Waals surface area (Å²) < 4.78 is 2.18. The van der Waals surface area contributed by atoms with Crippen molar-refractivity contribution in [1.29, 1.82) is 0 Å². The van der Waals surface area contributed by atoms with Crippen LogP contribution in [0.1, 0.15) is 64.5 Å². The third-order valence-corrected chi connectivity index (χ3v) is 5.84. The van der Waals surface area contributed by atoms with Crippen LogP contribution in [0.5, 0.6) is 0 Å². The average molecular weight is 354 g/mol. The molecule has 2 heterocycles. The summed E-state index contributed by atoms with van der Waals surface area (Å²) in [5, 5.41) is 3.21. The Balaban J connectivity index is 0.000000948. The van der Waals surface area contributed by atoms with Gasteiger partial charge in [0.25, 0.3) is 0 Å². The summed E-state index contributed by atoms with van der Waals surface area (Å²) >= 11 is 0. The predicted molar refractivity (Wildman–Crippen MR) is 106 cm³/mol. The van der Waals surface area contributed by atoms with Gasteiger partial charge in [-0.15, -0.1) is 0 Å². The Labute approximate surface area is 157 Å². The zero-order valence-corrected chi connectivity index (χ0v) is 16.2. The Hall–Kier alpha value is -2.10. The van der Waals surface area contributed by atoms with Crippen molar-refractivity contribution in [1.82, 2.24) is 14.9 Å². The number of hydrogen-bond donors (Lipinski definition) is 1. The van der Waals surface area contributed by atoms with Crippen LogP contribution < -0.4 is 5.32 Å². The average Bonchev–Trinajstić information content (AvgIpc) is 3.29. The number of fused-ring (bicyclic) bond motifs is 3. The molecule has 1 aromatic carbocycles. The number of carbonyl (C=O) groups is 1. The molecule has 4 rings (SSSR count). The van der Waals surface area contributed by atoms with E-state index in [0.29, 0.717) is 12.5 Å². The van der Waals surface area contributed by atoms with Crippen LogP contribution in [0, 0.1) is 11.8 Å². The molecule has 1 saturated carbocycles. The van der Waals surface area contributed by atoms with Gasteiger partial charge in [0.2, 0.25) is 5.91 Å². The Morgan fingerprint density at radius 3 is 2.73 bits per heavy atom. The van der Waals surface area contributed by atoms with Gasteiger partial charge in [0.15, 0.2) is 0 Å². The maximum Gasteiger partial charge on any atom is 0.223 e. The van der Waals surface area contributed by atoms with E-state index < -0.39 is 0 Å².